The molecule has 0 aliphatic carbocycles. The molecular weight excluding hydrogens is 342 g/mol. The van der Waals surface area contributed by atoms with E-state index in [2.05, 4.69) is 15.3 Å². The molecular formula is C20H25N5O2. The van der Waals surface area contributed by atoms with Gasteiger partial charge in [-0.1, -0.05) is 18.2 Å². The largest absolute Gasteiger partial charge is 0.339 e. The Hall–Kier alpha value is -2.96. The topological polar surface area (TPSA) is 78.4 Å². The number of rotatable bonds is 3. The van der Waals surface area contributed by atoms with Crippen molar-refractivity contribution in [1.29, 1.82) is 0 Å². The summed E-state index contributed by atoms with van der Waals surface area (Å²) in [5.74, 6) is 0.361. The number of aryl methyl sites for hydroxylation is 3. The second-order valence-electron chi connectivity index (χ2n) is 6.91. The molecule has 2 heterocycles. The Kier molecular flexibility index (Phi) is 5.39. The van der Waals surface area contributed by atoms with Crippen molar-refractivity contribution in [3.8, 4) is 0 Å². The van der Waals surface area contributed by atoms with Gasteiger partial charge < -0.3 is 15.1 Å². The molecule has 2 amide bonds. The van der Waals surface area contributed by atoms with Crippen LogP contribution < -0.4 is 10.2 Å². The monoisotopic (exact) mass is 367 g/mol. The van der Waals surface area contributed by atoms with Crippen molar-refractivity contribution in [3.63, 3.8) is 0 Å². The van der Waals surface area contributed by atoms with Gasteiger partial charge in [-0.05, 0) is 38.0 Å². The van der Waals surface area contributed by atoms with Gasteiger partial charge in [0.05, 0.1) is 0 Å². The van der Waals surface area contributed by atoms with E-state index in [9.17, 15) is 9.59 Å². The summed E-state index contributed by atoms with van der Waals surface area (Å²) in [4.78, 5) is 37.1. The quantitative estimate of drug-likeness (QED) is 0.901. The number of para-hydroxylation sites is 1. The first-order valence-electron chi connectivity index (χ1n) is 9.09. The molecule has 3 rings (SSSR count). The number of anilines is 2. The number of nitrogens with one attached hydrogen (secondary N) is 1. The second-order valence-corrected chi connectivity index (χ2v) is 6.91. The first kappa shape index (κ1) is 18.8. The lowest BCUT2D eigenvalue weighted by Gasteiger charge is -2.34. The summed E-state index contributed by atoms with van der Waals surface area (Å²) >= 11 is 0. The number of nitrogens with zero attached hydrogens (tertiary/aromatic N) is 4. The summed E-state index contributed by atoms with van der Waals surface area (Å²) in [6.45, 7) is 9.94. The number of hydrogen-bond acceptors (Lipinski definition) is 5. The lowest BCUT2D eigenvalue weighted by molar-refractivity contribution is -0.129. The highest BCUT2D eigenvalue weighted by atomic mass is 16.2. The van der Waals surface area contributed by atoms with Gasteiger partial charge in [-0.25, -0.2) is 9.97 Å². The van der Waals surface area contributed by atoms with Crippen LogP contribution in [0.15, 0.2) is 24.3 Å². The van der Waals surface area contributed by atoms with Gasteiger partial charge in [-0.15, -0.1) is 0 Å². The number of carbonyl (C=O) groups excluding carboxylic acids is 2. The molecule has 2 aromatic rings. The van der Waals surface area contributed by atoms with Gasteiger partial charge in [-0.2, -0.15) is 0 Å². The highest BCUT2D eigenvalue weighted by molar-refractivity contribution is 6.04. The molecule has 0 saturated carbocycles. The Morgan fingerprint density at radius 3 is 2.22 bits per heavy atom. The van der Waals surface area contributed by atoms with E-state index in [0.29, 0.717) is 37.8 Å². The lowest BCUT2D eigenvalue weighted by Crippen LogP contribution is -2.48. The molecule has 0 atom stereocenters. The Morgan fingerprint density at radius 2 is 1.63 bits per heavy atom. The lowest BCUT2D eigenvalue weighted by atomic mass is 10.1. The zero-order valence-electron chi connectivity index (χ0n) is 16.2. The van der Waals surface area contributed by atoms with Crippen LogP contribution in [0, 0.1) is 20.8 Å². The van der Waals surface area contributed by atoms with E-state index in [4.69, 9.17) is 0 Å². The van der Waals surface area contributed by atoms with E-state index in [-0.39, 0.29) is 11.8 Å². The van der Waals surface area contributed by atoms with Crippen molar-refractivity contribution in [1.82, 2.24) is 14.9 Å². The van der Waals surface area contributed by atoms with Gasteiger partial charge in [0, 0.05) is 44.5 Å². The maximum atomic E-state index is 12.8. The predicted molar refractivity (Wildman–Crippen MR) is 105 cm³/mol. The van der Waals surface area contributed by atoms with Gasteiger partial charge in [0.25, 0.3) is 5.91 Å². The third-order valence-electron chi connectivity index (χ3n) is 4.80. The highest BCUT2D eigenvalue weighted by Gasteiger charge is 2.22. The van der Waals surface area contributed by atoms with Gasteiger partial charge in [-0.3, -0.25) is 9.59 Å². The molecule has 0 radical (unpaired) electrons. The number of hydrogen-bond donors (Lipinski definition) is 1. The number of benzene rings is 1. The second kappa shape index (κ2) is 7.73. The van der Waals surface area contributed by atoms with Crippen LogP contribution in [0.3, 0.4) is 0 Å². The van der Waals surface area contributed by atoms with Crippen LogP contribution in [-0.2, 0) is 4.79 Å². The predicted octanol–water partition coefficient (Wildman–Crippen LogP) is 2.32. The molecule has 1 aromatic heterocycles. The van der Waals surface area contributed by atoms with Crippen molar-refractivity contribution < 1.29 is 9.59 Å². The van der Waals surface area contributed by atoms with Crippen LogP contribution in [0.5, 0.6) is 0 Å². The summed E-state index contributed by atoms with van der Waals surface area (Å²) in [6, 6.07) is 7.59. The summed E-state index contributed by atoms with van der Waals surface area (Å²) in [5, 5.41) is 2.97. The molecule has 0 spiro atoms. The van der Waals surface area contributed by atoms with Crippen molar-refractivity contribution in [2.75, 3.05) is 36.4 Å². The molecule has 7 nitrogen and oxygen atoms in total. The van der Waals surface area contributed by atoms with Crippen LogP contribution in [0.2, 0.25) is 0 Å². The summed E-state index contributed by atoms with van der Waals surface area (Å²) in [6.07, 6.45) is 0. The molecule has 0 unspecified atom stereocenters. The minimum absolute atomic E-state index is 0.0773. The Bertz CT molecular complexity index is 852. The average molecular weight is 367 g/mol. The normalized spacial score (nSPS) is 14.2. The average Bonchev–Trinajstić information content (AvgIpc) is 2.64. The zero-order chi connectivity index (χ0) is 19.6. The van der Waals surface area contributed by atoms with Crippen molar-refractivity contribution in [3.05, 3.63) is 46.8 Å². The fourth-order valence-corrected chi connectivity index (χ4v) is 3.22. The van der Waals surface area contributed by atoms with Gasteiger partial charge in [0.2, 0.25) is 11.9 Å². The van der Waals surface area contributed by atoms with E-state index in [1.54, 1.807) is 17.9 Å². The maximum absolute atomic E-state index is 12.8. The summed E-state index contributed by atoms with van der Waals surface area (Å²) < 4.78 is 0. The van der Waals surface area contributed by atoms with E-state index >= 15 is 0 Å². The third kappa shape index (κ3) is 4.24. The van der Waals surface area contributed by atoms with Crippen LogP contribution in [0.4, 0.5) is 11.6 Å². The SMILES string of the molecule is CC(=O)N1CCN(c2nc(C)cc(C(=O)Nc3c(C)cccc3C)n2)CC1. The molecule has 1 aliphatic heterocycles. The van der Waals surface area contributed by atoms with Crippen molar-refractivity contribution >= 4 is 23.5 Å². The molecule has 1 saturated heterocycles. The summed E-state index contributed by atoms with van der Waals surface area (Å²) in [5.41, 5.74) is 3.91. The number of amides is 2. The van der Waals surface area contributed by atoms with E-state index in [1.165, 1.54) is 0 Å². The smallest absolute Gasteiger partial charge is 0.274 e. The van der Waals surface area contributed by atoms with E-state index in [1.807, 2.05) is 43.9 Å². The zero-order valence-corrected chi connectivity index (χ0v) is 16.2. The van der Waals surface area contributed by atoms with Crippen molar-refractivity contribution in [2.45, 2.75) is 27.7 Å². The van der Waals surface area contributed by atoms with Gasteiger partial charge in [0.1, 0.15) is 5.69 Å². The molecule has 1 N–H and O–H groups in total. The van der Waals surface area contributed by atoms with Crippen LogP contribution in [0.1, 0.15) is 34.2 Å². The fraction of sp³-hybridized carbons (Fsp3) is 0.400. The molecule has 0 bridgehead atoms. The van der Waals surface area contributed by atoms with Crippen LogP contribution in [0.25, 0.3) is 0 Å². The standard InChI is InChI=1S/C20H25N5O2/c1-13-6-5-7-14(2)18(13)23-19(27)17-12-15(3)21-20(22-17)25-10-8-24(9-11-25)16(4)26/h5-7,12H,8-11H2,1-4H3,(H,23,27). The molecule has 1 fully saturated rings. The fourth-order valence-electron chi connectivity index (χ4n) is 3.22. The van der Waals surface area contributed by atoms with E-state index < -0.39 is 0 Å². The minimum Gasteiger partial charge on any atom is -0.339 e. The minimum atomic E-state index is -0.249. The molecule has 1 aromatic carbocycles. The number of piperazine rings is 1. The highest BCUT2D eigenvalue weighted by Crippen LogP contribution is 2.21. The third-order valence-corrected chi connectivity index (χ3v) is 4.80. The van der Waals surface area contributed by atoms with Gasteiger partial charge >= 0.3 is 0 Å². The molecule has 142 valence electrons. The Labute approximate surface area is 159 Å². The molecule has 1 aliphatic rings. The van der Waals surface area contributed by atoms with E-state index in [0.717, 1.165) is 22.5 Å². The Morgan fingerprint density at radius 1 is 1.00 bits per heavy atom. The van der Waals surface area contributed by atoms with Crippen LogP contribution >= 0.6 is 0 Å². The number of aromatic nitrogens is 2. The summed E-state index contributed by atoms with van der Waals surface area (Å²) in [7, 11) is 0. The first-order valence-corrected chi connectivity index (χ1v) is 9.09. The molecule has 27 heavy (non-hydrogen) atoms. The first-order chi connectivity index (χ1) is 12.8. The molecule has 7 heteroatoms. The number of carbonyl (C=O) groups is 2. The maximum Gasteiger partial charge on any atom is 0.274 e. The van der Waals surface area contributed by atoms with Crippen LogP contribution in [-0.4, -0.2) is 52.9 Å². The van der Waals surface area contributed by atoms with Gasteiger partial charge in [0.15, 0.2) is 0 Å². The Balaban J connectivity index is 1.79. The van der Waals surface area contributed by atoms with Crippen molar-refractivity contribution in [2.24, 2.45) is 0 Å².